The number of piperazine rings is 1. The minimum atomic E-state index is -3.85. The number of nitrogens with one attached hydrogen (secondary N) is 1. The standard InChI is InChI=1S/C18H19N5O3S2/c24-17(23-11-9-22(10-12-23)14-5-2-1-3-6-14)13-19-28(25,26)16-8-4-7-15-18(16)21-27-20-15/h1-8,19H,9-13H2. The molecule has 0 saturated carbocycles. The Balaban J connectivity index is 1.36. The lowest BCUT2D eigenvalue weighted by Crippen LogP contribution is -2.51. The number of carbonyl (C=O) groups excluding carboxylic acids is 1. The number of sulfonamides is 1. The highest BCUT2D eigenvalue weighted by Crippen LogP contribution is 2.21. The average Bonchev–Trinajstić information content (AvgIpc) is 3.21. The minimum Gasteiger partial charge on any atom is -0.368 e. The van der Waals surface area contributed by atoms with E-state index in [1.165, 1.54) is 6.07 Å². The summed E-state index contributed by atoms with van der Waals surface area (Å²) in [5, 5.41) is 0. The van der Waals surface area contributed by atoms with Crippen molar-refractivity contribution < 1.29 is 13.2 Å². The van der Waals surface area contributed by atoms with Gasteiger partial charge < -0.3 is 9.80 Å². The number of fused-ring (bicyclic) bond motifs is 1. The SMILES string of the molecule is O=C(CNS(=O)(=O)c1cccc2nsnc12)N1CCN(c2ccccc2)CC1. The van der Waals surface area contributed by atoms with Gasteiger partial charge in [0.15, 0.2) is 0 Å². The molecule has 1 saturated heterocycles. The molecule has 0 atom stereocenters. The van der Waals surface area contributed by atoms with Crippen LogP contribution in [0, 0.1) is 0 Å². The number of benzene rings is 2. The van der Waals surface area contributed by atoms with Gasteiger partial charge in [-0.1, -0.05) is 24.3 Å². The van der Waals surface area contributed by atoms with Crippen LogP contribution in [0.1, 0.15) is 0 Å². The fraction of sp³-hybridized carbons (Fsp3) is 0.278. The van der Waals surface area contributed by atoms with Gasteiger partial charge in [-0.05, 0) is 24.3 Å². The molecule has 0 spiro atoms. The second-order valence-corrected chi connectivity index (χ2v) is 8.68. The molecule has 1 amide bonds. The maximum Gasteiger partial charge on any atom is 0.243 e. The van der Waals surface area contributed by atoms with Crippen molar-refractivity contribution in [3.8, 4) is 0 Å². The van der Waals surface area contributed by atoms with Crippen molar-refractivity contribution in [2.24, 2.45) is 0 Å². The zero-order valence-electron chi connectivity index (χ0n) is 15.0. The van der Waals surface area contributed by atoms with Crippen molar-refractivity contribution in [1.29, 1.82) is 0 Å². The van der Waals surface area contributed by atoms with Gasteiger partial charge in [0, 0.05) is 31.9 Å². The van der Waals surface area contributed by atoms with Gasteiger partial charge in [-0.15, -0.1) is 0 Å². The second-order valence-electron chi connectivity index (χ2n) is 6.42. The lowest BCUT2D eigenvalue weighted by atomic mass is 10.2. The van der Waals surface area contributed by atoms with Gasteiger partial charge in [0.05, 0.1) is 18.3 Å². The van der Waals surface area contributed by atoms with Gasteiger partial charge in [0.25, 0.3) is 0 Å². The van der Waals surface area contributed by atoms with Crippen LogP contribution < -0.4 is 9.62 Å². The predicted octanol–water partition coefficient (Wildman–Crippen LogP) is 1.32. The summed E-state index contributed by atoms with van der Waals surface area (Å²) in [5.41, 5.74) is 1.97. The molecule has 1 aromatic heterocycles. The van der Waals surface area contributed by atoms with Crippen molar-refractivity contribution in [3.63, 3.8) is 0 Å². The molecule has 1 aliphatic rings. The van der Waals surface area contributed by atoms with Gasteiger partial charge in [0.2, 0.25) is 15.9 Å². The second kappa shape index (κ2) is 7.82. The Labute approximate surface area is 167 Å². The van der Waals surface area contributed by atoms with E-state index in [0.29, 0.717) is 37.2 Å². The topological polar surface area (TPSA) is 95.5 Å². The Morgan fingerprint density at radius 3 is 2.50 bits per heavy atom. The first-order valence-electron chi connectivity index (χ1n) is 8.83. The van der Waals surface area contributed by atoms with Crippen LogP contribution in [0.25, 0.3) is 11.0 Å². The van der Waals surface area contributed by atoms with Gasteiger partial charge in [0.1, 0.15) is 15.9 Å². The molecule has 1 aliphatic heterocycles. The van der Waals surface area contributed by atoms with Crippen LogP contribution in [0.15, 0.2) is 53.4 Å². The maximum atomic E-state index is 12.6. The molecule has 1 fully saturated rings. The molecule has 2 aromatic carbocycles. The van der Waals surface area contributed by atoms with E-state index < -0.39 is 10.0 Å². The Morgan fingerprint density at radius 1 is 1.00 bits per heavy atom. The first-order chi connectivity index (χ1) is 13.5. The highest BCUT2D eigenvalue weighted by molar-refractivity contribution is 7.89. The summed E-state index contributed by atoms with van der Waals surface area (Å²) in [6.45, 7) is 2.27. The fourth-order valence-corrected chi connectivity index (χ4v) is 4.94. The van der Waals surface area contributed by atoms with E-state index in [1.54, 1.807) is 17.0 Å². The lowest BCUT2D eigenvalue weighted by molar-refractivity contribution is -0.130. The number of anilines is 1. The van der Waals surface area contributed by atoms with Crippen LogP contribution in [0.2, 0.25) is 0 Å². The Bertz CT molecular complexity index is 1080. The molecule has 146 valence electrons. The predicted molar refractivity (Wildman–Crippen MR) is 108 cm³/mol. The number of para-hydroxylation sites is 1. The molecular weight excluding hydrogens is 398 g/mol. The van der Waals surface area contributed by atoms with E-state index in [4.69, 9.17) is 0 Å². The Morgan fingerprint density at radius 2 is 1.75 bits per heavy atom. The molecule has 3 aromatic rings. The van der Waals surface area contributed by atoms with Crippen molar-refractivity contribution in [2.75, 3.05) is 37.6 Å². The molecule has 4 rings (SSSR count). The monoisotopic (exact) mass is 417 g/mol. The van der Waals surface area contributed by atoms with Crippen LogP contribution in [0.4, 0.5) is 5.69 Å². The summed E-state index contributed by atoms with van der Waals surface area (Å²) < 4.78 is 35.7. The summed E-state index contributed by atoms with van der Waals surface area (Å²) in [7, 11) is -3.85. The smallest absolute Gasteiger partial charge is 0.243 e. The van der Waals surface area contributed by atoms with Crippen molar-refractivity contribution in [3.05, 3.63) is 48.5 Å². The summed E-state index contributed by atoms with van der Waals surface area (Å²) in [6, 6.07) is 14.8. The van der Waals surface area contributed by atoms with Crippen molar-refractivity contribution >= 4 is 44.4 Å². The van der Waals surface area contributed by atoms with E-state index in [-0.39, 0.29) is 17.3 Å². The molecule has 1 N–H and O–H groups in total. The largest absolute Gasteiger partial charge is 0.368 e. The van der Waals surface area contributed by atoms with Crippen LogP contribution >= 0.6 is 11.7 Å². The summed E-state index contributed by atoms with van der Waals surface area (Å²) in [6.07, 6.45) is 0. The van der Waals surface area contributed by atoms with Gasteiger partial charge in [-0.3, -0.25) is 4.79 Å². The number of nitrogens with zero attached hydrogens (tertiary/aromatic N) is 4. The molecule has 0 bridgehead atoms. The maximum absolute atomic E-state index is 12.6. The summed E-state index contributed by atoms with van der Waals surface area (Å²) >= 11 is 0.957. The highest BCUT2D eigenvalue weighted by Gasteiger charge is 2.24. The highest BCUT2D eigenvalue weighted by atomic mass is 32.2. The average molecular weight is 418 g/mol. The molecule has 0 aliphatic carbocycles. The number of carbonyl (C=O) groups is 1. The van der Waals surface area contributed by atoms with E-state index in [1.807, 2.05) is 30.3 Å². The molecule has 2 heterocycles. The third-order valence-electron chi connectivity index (χ3n) is 4.71. The number of hydrogen-bond donors (Lipinski definition) is 1. The summed E-state index contributed by atoms with van der Waals surface area (Å²) in [4.78, 5) is 16.4. The number of rotatable bonds is 5. The Hall–Kier alpha value is -2.56. The number of aromatic nitrogens is 2. The quantitative estimate of drug-likeness (QED) is 0.673. The van der Waals surface area contributed by atoms with E-state index in [9.17, 15) is 13.2 Å². The van der Waals surface area contributed by atoms with E-state index >= 15 is 0 Å². The zero-order chi connectivity index (χ0) is 19.6. The molecule has 0 unspecified atom stereocenters. The normalized spacial score (nSPS) is 15.1. The summed E-state index contributed by atoms with van der Waals surface area (Å²) in [5.74, 6) is -0.236. The van der Waals surface area contributed by atoms with Crippen molar-refractivity contribution in [1.82, 2.24) is 18.4 Å². The molecule has 8 nitrogen and oxygen atoms in total. The van der Waals surface area contributed by atoms with Crippen molar-refractivity contribution in [2.45, 2.75) is 4.90 Å². The number of hydrogen-bond acceptors (Lipinski definition) is 7. The van der Waals surface area contributed by atoms with Crippen LogP contribution in [0.5, 0.6) is 0 Å². The minimum absolute atomic E-state index is 0.0421. The molecule has 28 heavy (non-hydrogen) atoms. The Kier molecular flexibility index (Phi) is 5.25. The third-order valence-corrected chi connectivity index (χ3v) is 6.68. The van der Waals surface area contributed by atoms with Crippen LogP contribution in [-0.4, -0.2) is 60.7 Å². The van der Waals surface area contributed by atoms with E-state index in [0.717, 1.165) is 17.4 Å². The van der Waals surface area contributed by atoms with Crippen LogP contribution in [-0.2, 0) is 14.8 Å². The van der Waals surface area contributed by atoms with Gasteiger partial charge in [-0.25, -0.2) is 13.1 Å². The molecular formula is C18H19N5O3S2. The third kappa shape index (κ3) is 3.84. The van der Waals surface area contributed by atoms with E-state index in [2.05, 4.69) is 18.4 Å². The van der Waals surface area contributed by atoms with Crippen LogP contribution in [0.3, 0.4) is 0 Å². The molecule has 10 heteroatoms. The first-order valence-corrected chi connectivity index (χ1v) is 11.0. The van der Waals surface area contributed by atoms with Gasteiger partial charge >= 0.3 is 0 Å². The number of amides is 1. The molecule has 0 radical (unpaired) electrons. The zero-order valence-corrected chi connectivity index (χ0v) is 16.6. The lowest BCUT2D eigenvalue weighted by Gasteiger charge is -2.36. The van der Waals surface area contributed by atoms with Gasteiger partial charge in [-0.2, -0.15) is 8.75 Å². The first kappa shape index (κ1) is 18.8. The fourth-order valence-electron chi connectivity index (χ4n) is 3.20.